The minimum absolute atomic E-state index is 0.0133. The van der Waals surface area contributed by atoms with Crippen LogP contribution < -0.4 is 0 Å². The van der Waals surface area contributed by atoms with Gasteiger partial charge in [-0.15, -0.1) is 0 Å². The predicted octanol–water partition coefficient (Wildman–Crippen LogP) is 4.13. The van der Waals surface area contributed by atoms with E-state index >= 15 is 0 Å². The van der Waals surface area contributed by atoms with Crippen LogP contribution in [0.5, 0.6) is 5.95 Å². The van der Waals surface area contributed by atoms with Crippen molar-refractivity contribution in [3.8, 4) is 5.95 Å². The van der Waals surface area contributed by atoms with Crippen LogP contribution in [0.25, 0.3) is 0 Å². The monoisotopic (exact) mass is 312 g/mol. The summed E-state index contributed by atoms with van der Waals surface area (Å²) in [6.07, 6.45) is 0.830. The van der Waals surface area contributed by atoms with Crippen molar-refractivity contribution in [2.24, 2.45) is 5.41 Å². The molecule has 1 N–H and O–H groups in total. The lowest BCUT2D eigenvalue weighted by Crippen LogP contribution is -2.24. The minimum Gasteiger partial charge on any atom is -0.480 e. The number of Topliss-reactive ketones (excluding diaryl/α,β-unsaturated/α-hetero) is 2. The van der Waals surface area contributed by atoms with Crippen molar-refractivity contribution in [1.82, 2.24) is 0 Å². The molecule has 120 valence electrons. The number of ketones is 2. The summed E-state index contributed by atoms with van der Waals surface area (Å²) in [6, 6.07) is 9.76. The van der Waals surface area contributed by atoms with Crippen LogP contribution in [-0.2, 0) is 6.42 Å². The zero-order chi connectivity index (χ0) is 16.8. The van der Waals surface area contributed by atoms with E-state index in [1.807, 2.05) is 30.3 Å². The summed E-state index contributed by atoms with van der Waals surface area (Å²) in [5, 5.41) is 10.1. The van der Waals surface area contributed by atoms with E-state index in [-0.39, 0.29) is 28.6 Å². The number of carbonyl (C=O) groups is 2. The molecule has 0 aliphatic heterocycles. The molecular formula is C19H20O4. The largest absolute Gasteiger partial charge is 0.480 e. The maximum absolute atomic E-state index is 12.6. The summed E-state index contributed by atoms with van der Waals surface area (Å²) in [4.78, 5) is 25.2. The van der Waals surface area contributed by atoms with Gasteiger partial charge in [-0.25, -0.2) is 0 Å². The SMILES string of the molecule is CC(C)(C)C(=O)c1c(O)oc2c1C(=O)CC(c1ccccc1)C2. The Labute approximate surface area is 135 Å². The molecule has 0 amide bonds. The number of furan rings is 1. The molecule has 0 spiro atoms. The highest BCUT2D eigenvalue weighted by atomic mass is 16.5. The van der Waals surface area contributed by atoms with Crippen molar-refractivity contribution in [2.75, 3.05) is 0 Å². The first-order valence-electron chi connectivity index (χ1n) is 7.76. The fraction of sp³-hybridized carbons (Fsp3) is 0.368. The Kier molecular flexibility index (Phi) is 3.63. The maximum Gasteiger partial charge on any atom is 0.294 e. The summed E-state index contributed by atoms with van der Waals surface area (Å²) in [5.74, 6) is -0.417. The third-order valence-electron chi connectivity index (χ3n) is 4.28. The minimum atomic E-state index is -0.689. The molecule has 4 heteroatoms. The normalized spacial score (nSPS) is 17.9. The quantitative estimate of drug-likeness (QED) is 0.847. The smallest absolute Gasteiger partial charge is 0.294 e. The highest BCUT2D eigenvalue weighted by Gasteiger charge is 2.39. The summed E-state index contributed by atoms with van der Waals surface area (Å²) in [6.45, 7) is 5.27. The number of benzene rings is 1. The molecule has 1 aliphatic rings. The van der Waals surface area contributed by atoms with Crippen LogP contribution in [0.4, 0.5) is 0 Å². The molecule has 1 aromatic heterocycles. The van der Waals surface area contributed by atoms with Crippen LogP contribution in [-0.4, -0.2) is 16.7 Å². The second-order valence-corrected chi connectivity index (χ2v) is 7.10. The molecule has 0 radical (unpaired) electrons. The molecule has 1 aromatic carbocycles. The van der Waals surface area contributed by atoms with Crippen molar-refractivity contribution >= 4 is 11.6 Å². The topological polar surface area (TPSA) is 67.5 Å². The first-order valence-corrected chi connectivity index (χ1v) is 7.76. The molecule has 3 rings (SSSR count). The zero-order valence-electron chi connectivity index (χ0n) is 13.6. The van der Waals surface area contributed by atoms with Gasteiger partial charge in [0, 0.05) is 18.3 Å². The van der Waals surface area contributed by atoms with E-state index in [9.17, 15) is 14.7 Å². The summed E-state index contributed by atoms with van der Waals surface area (Å²) in [5.41, 5.74) is 0.691. The molecule has 0 fully saturated rings. The molecule has 4 nitrogen and oxygen atoms in total. The Hall–Kier alpha value is -2.36. The second-order valence-electron chi connectivity index (χ2n) is 7.10. The Balaban J connectivity index is 2.02. The van der Waals surface area contributed by atoms with Crippen molar-refractivity contribution in [3.05, 3.63) is 52.8 Å². The Morgan fingerprint density at radius 2 is 1.83 bits per heavy atom. The van der Waals surface area contributed by atoms with Gasteiger partial charge in [-0.2, -0.15) is 0 Å². The summed E-state index contributed by atoms with van der Waals surface area (Å²) >= 11 is 0. The van der Waals surface area contributed by atoms with Gasteiger partial charge in [-0.1, -0.05) is 51.1 Å². The van der Waals surface area contributed by atoms with Crippen LogP contribution >= 0.6 is 0 Å². The average Bonchev–Trinajstić information content (AvgIpc) is 2.82. The Morgan fingerprint density at radius 3 is 2.43 bits per heavy atom. The highest BCUT2D eigenvalue weighted by Crippen LogP contribution is 2.41. The van der Waals surface area contributed by atoms with Crippen molar-refractivity contribution < 1.29 is 19.1 Å². The molecule has 1 heterocycles. The van der Waals surface area contributed by atoms with Gasteiger partial charge < -0.3 is 9.52 Å². The maximum atomic E-state index is 12.6. The van der Waals surface area contributed by atoms with E-state index in [2.05, 4.69) is 0 Å². The lowest BCUT2D eigenvalue weighted by Gasteiger charge is -2.22. The van der Waals surface area contributed by atoms with Crippen molar-refractivity contribution in [3.63, 3.8) is 0 Å². The van der Waals surface area contributed by atoms with Gasteiger partial charge in [-0.05, 0) is 11.5 Å². The van der Waals surface area contributed by atoms with Crippen LogP contribution in [0.15, 0.2) is 34.7 Å². The fourth-order valence-electron chi connectivity index (χ4n) is 3.07. The van der Waals surface area contributed by atoms with Gasteiger partial charge in [0.2, 0.25) is 0 Å². The van der Waals surface area contributed by atoms with Crippen molar-refractivity contribution in [2.45, 2.75) is 39.5 Å². The van der Waals surface area contributed by atoms with Crippen molar-refractivity contribution in [1.29, 1.82) is 0 Å². The molecule has 1 unspecified atom stereocenters. The molecule has 0 bridgehead atoms. The number of fused-ring (bicyclic) bond motifs is 1. The van der Waals surface area contributed by atoms with Crippen LogP contribution in [0.1, 0.15) is 65.1 Å². The van der Waals surface area contributed by atoms with E-state index in [1.165, 1.54) is 0 Å². The zero-order valence-corrected chi connectivity index (χ0v) is 13.6. The van der Waals surface area contributed by atoms with Gasteiger partial charge >= 0.3 is 0 Å². The van der Waals surface area contributed by atoms with Gasteiger partial charge in [0.15, 0.2) is 11.6 Å². The molecule has 0 saturated heterocycles. The predicted molar refractivity (Wildman–Crippen MR) is 86.0 cm³/mol. The highest BCUT2D eigenvalue weighted by molar-refractivity contribution is 6.13. The van der Waals surface area contributed by atoms with Crippen LogP contribution in [0.2, 0.25) is 0 Å². The second kappa shape index (κ2) is 5.37. The first-order chi connectivity index (χ1) is 10.8. The van der Waals surface area contributed by atoms with E-state index in [0.29, 0.717) is 18.6 Å². The average molecular weight is 312 g/mol. The standard InChI is InChI=1S/C19H20O4/c1-19(2,3)17(21)16-15-13(20)9-12(10-14(15)23-18(16)22)11-7-5-4-6-8-11/h4-8,12,22H,9-10H2,1-3H3. The Morgan fingerprint density at radius 1 is 1.17 bits per heavy atom. The van der Waals surface area contributed by atoms with Crippen LogP contribution in [0, 0.1) is 5.41 Å². The number of hydrogen-bond acceptors (Lipinski definition) is 4. The molecule has 0 saturated carbocycles. The third kappa shape index (κ3) is 2.69. The van der Waals surface area contributed by atoms with E-state index in [1.54, 1.807) is 20.8 Å². The first kappa shape index (κ1) is 15.5. The fourth-order valence-corrected chi connectivity index (χ4v) is 3.07. The van der Waals surface area contributed by atoms with E-state index < -0.39 is 11.4 Å². The van der Waals surface area contributed by atoms with E-state index in [4.69, 9.17) is 4.42 Å². The lowest BCUT2D eigenvalue weighted by molar-refractivity contribution is 0.0844. The number of carbonyl (C=O) groups excluding carboxylic acids is 2. The van der Waals surface area contributed by atoms with Gasteiger partial charge in [0.25, 0.3) is 5.95 Å². The lowest BCUT2D eigenvalue weighted by atomic mass is 9.79. The summed E-state index contributed by atoms with van der Waals surface area (Å²) in [7, 11) is 0. The molecular weight excluding hydrogens is 292 g/mol. The van der Waals surface area contributed by atoms with Gasteiger partial charge in [-0.3, -0.25) is 9.59 Å². The molecule has 23 heavy (non-hydrogen) atoms. The number of aromatic hydroxyl groups is 1. The Bertz CT molecular complexity index is 763. The molecule has 1 atom stereocenters. The molecule has 2 aromatic rings. The van der Waals surface area contributed by atoms with Crippen LogP contribution in [0.3, 0.4) is 0 Å². The van der Waals surface area contributed by atoms with Gasteiger partial charge in [0.05, 0.1) is 5.56 Å². The third-order valence-corrected chi connectivity index (χ3v) is 4.28. The molecule has 1 aliphatic carbocycles. The van der Waals surface area contributed by atoms with E-state index in [0.717, 1.165) is 5.56 Å². The number of rotatable bonds is 2. The van der Waals surface area contributed by atoms with Gasteiger partial charge in [0.1, 0.15) is 11.3 Å². The number of hydrogen-bond donors (Lipinski definition) is 1. The summed E-state index contributed by atoms with van der Waals surface area (Å²) < 4.78 is 5.39.